The number of hydrogen-bond acceptors (Lipinski definition) is 2. The Morgan fingerprint density at radius 2 is 1.94 bits per heavy atom. The summed E-state index contributed by atoms with van der Waals surface area (Å²) in [4.78, 5) is 2.21. The fourth-order valence-corrected chi connectivity index (χ4v) is 1.99. The van der Waals surface area contributed by atoms with E-state index in [1.807, 2.05) is 0 Å². The second kappa shape index (κ2) is 7.33. The van der Waals surface area contributed by atoms with E-state index in [1.54, 1.807) is 0 Å². The van der Waals surface area contributed by atoms with Gasteiger partial charge in [-0.05, 0) is 39.1 Å². The Balaban J connectivity index is 2.62. The van der Waals surface area contributed by atoms with E-state index in [9.17, 15) is 0 Å². The Morgan fingerprint density at radius 1 is 1.24 bits per heavy atom. The number of para-hydroxylation sites is 1. The largest absolute Gasteiger partial charge is 0.382 e. The van der Waals surface area contributed by atoms with Gasteiger partial charge in [-0.3, -0.25) is 0 Å². The van der Waals surface area contributed by atoms with Crippen LogP contribution in [0.2, 0.25) is 0 Å². The fourth-order valence-electron chi connectivity index (χ4n) is 1.99. The number of nitrogens with one attached hydrogen (secondary N) is 1. The summed E-state index contributed by atoms with van der Waals surface area (Å²) < 4.78 is 0. The minimum atomic E-state index is 0.554. The summed E-state index contributed by atoms with van der Waals surface area (Å²) in [6.45, 7) is 5.50. The minimum Gasteiger partial charge on any atom is -0.382 e. The second-order valence-corrected chi connectivity index (χ2v) is 5.08. The standard InChI is InChI=1S/C15H26N2/c1-5-6-9-13(2)16-15-11-8-7-10-14(15)12-17(3)4/h7-8,10-11,13,16H,5-6,9,12H2,1-4H3. The molecule has 1 aromatic rings. The molecule has 0 radical (unpaired) electrons. The van der Waals surface area contributed by atoms with Crippen LogP contribution in [0.4, 0.5) is 5.69 Å². The summed E-state index contributed by atoms with van der Waals surface area (Å²) in [5.74, 6) is 0. The van der Waals surface area contributed by atoms with Crippen LogP contribution >= 0.6 is 0 Å². The molecule has 0 heterocycles. The van der Waals surface area contributed by atoms with Gasteiger partial charge in [0.1, 0.15) is 0 Å². The van der Waals surface area contributed by atoms with E-state index in [4.69, 9.17) is 0 Å². The van der Waals surface area contributed by atoms with Gasteiger partial charge in [0.05, 0.1) is 0 Å². The molecule has 0 aromatic heterocycles. The molecule has 17 heavy (non-hydrogen) atoms. The third-order valence-corrected chi connectivity index (χ3v) is 2.90. The topological polar surface area (TPSA) is 15.3 Å². The maximum Gasteiger partial charge on any atom is 0.0387 e. The van der Waals surface area contributed by atoms with Gasteiger partial charge in [0.2, 0.25) is 0 Å². The Hall–Kier alpha value is -1.02. The molecule has 0 aliphatic carbocycles. The highest BCUT2D eigenvalue weighted by Crippen LogP contribution is 2.18. The summed E-state index contributed by atoms with van der Waals surface area (Å²) in [6, 6.07) is 9.16. The van der Waals surface area contributed by atoms with Crippen LogP contribution in [0.1, 0.15) is 38.7 Å². The Morgan fingerprint density at radius 3 is 2.59 bits per heavy atom. The molecule has 0 spiro atoms. The van der Waals surface area contributed by atoms with Gasteiger partial charge < -0.3 is 10.2 Å². The lowest BCUT2D eigenvalue weighted by Crippen LogP contribution is -2.18. The molecule has 0 aliphatic rings. The first-order valence-corrected chi connectivity index (χ1v) is 6.62. The van der Waals surface area contributed by atoms with Crippen LogP contribution < -0.4 is 5.32 Å². The van der Waals surface area contributed by atoms with E-state index in [0.29, 0.717) is 6.04 Å². The monoisotopic (exact) mass is 234 g/mol. The summed E-state index contributed by atoms with van der Waals surface area (Å²) in [5, 5.41) is 3.62. The Labute approximate surface area is 106 Å². The van der Waals surface area contributed by atoms with Crippen LogP contribution in [0.5, 0.6) is 0 Å². The predicted octanol–water partition coefficient (Wildman–Crippen LogP) is 3.74. The molecule has 0 aliphatic heterocycles. The molecule has 0 fully saturated rings. The minimum absolute atomic E-state index is 0.554. The molecule has 1 rings (SSSR count). The van der Waals surface area contributed by atoms with Crippen LogP contribution in [-0.4, -0.2) is 25.0 Å². The van der Waals surface area contributed by atoms with Crippen LogP contribution in [-0.2, 0) is 6.54 Å². The highest BCUT2D eigenvalue weighted by molar-refractivity contribution is 5.51. The van der Waals surface area contributed by atoms with Crippen molar-refractivity contribution < 1.29 is 0 Å². The third-order valence-electron chi connectivity index (χ3n) is 2.90. The number of unbranched alkanes of at least 4 members (excludes halogenated alkanes) is 1. The molecule has 1 N–H and O–H groups in total. The molecule has 0 amide bonds. The lowest BCUT2D eigenvalue weighted by molar-refractivity contribution is 0.403. The van der Waals surface area contributed by atoms with Crippen LogP contribution in [0.15, 0.2) is 24.3 Å². The number of benzene rings is 1. The molecular weight excluding hydrogens is 208 g/mol. The molecule has 0 saturated carbocycles. The van der Waals surface area contributed by atoms with Crippen LogP contribution in [0.3, 0.4) is 0 Å². The zero-order valence-electron chi connectivity index (χ0n) is 11.7. The average molecular weight is 234 g/mol. The predicted molar refractivity (Wildman–Crippen MR) is 76.4 cm³/mol. The van der Waals surface area contributed by atoms with E-state index in [2.05, 4.69) is 62.4 Å². The molecule has 2 heteroatoms. The lowest BCUT2D eigenvalue weighted by Gasteiger charge is -2.19. The van der Waals surface area contributed by atoms with Crippen LogP contribution in [0.25, 0.3) is 0 Å². The zero-order valence-corrected chi connectivity index (χ0v) is 11.7. The summed E-state index contributed by atoms with van der Waals surface area (Å²) in [7, 11) is 4.22. The highest BCUT2D eigenvalue weighted by Gasteiger charge is 2.06. The number of nitrogens with zero attached hydrogens (tertiary/aromatic N) is 1. The molecule has 1 unspecified atom stereocenters. The van der Waals surface area contributed by atoms with Crippen molar-refractivity contribution in [2.45, 2.75) is 45.7 Å². The number of hydrogen-bond donors (Lipinski definition) is 1. The average Bonchev–Trinajstić information content (AvgIpc) is 2.28. The van der Waals surface area contributed by atoms with Gasteiger partial charge in [-0.25, -0.2) is 0 Å². The molecule has 0 saturated heterocycles. The second-order valence-electron chi connectivity index (χ2n) is 5.08. The van der Waals surface area contributed by atoms with Crippen LogP contribution in [0, 0.1) is 0 Å². The highest BCUT2D eigenvalue weighted by atomic mass is 15.1. The van der Waals surface area contributed by atoms with E-state index < -0.39 is 0 Å². The maximum absolute atomic E-state index is 3.62. The van der Waals surface area contributed by atoms with Crippen molar-refractivity contribution in [3.63, 3.8) is 0 Å². The SMILES string of the molecule is CCCCC(C)Nc1ccccc1CN(C)C. The molecule has 96 valence electrons. The number of anilines is 1. The third kappa shape index (κ3) is 5.22. The zero-order chi connectivity index (χ0) is 12.7. The summed E-state index contributed by atoms with van der Waals surface area (Å²) in [5.41, 5.74) is 2.66. The summed E-state index contributed by atoms with van der Waals surface area (Å²) >= 11 is 0. The Kier molecular flexibility index (Phi) is 6.06. The van der Waals surface area contributed by atoms with E-state index in [-0.39, 0.29) is 0 Å². The quantitative estimate of drug-likeness (QED) is 0.773. The van der Waals surface area contributed by atoms with Crippen molar-refractivity contribution in [3.05, 3.63) is 29.8 Å². The van der Waals surface area contributed by atoms with Crippen molar-refractivity contribution in [1.29, 1.82) is 0 Å². The van der Waals surface area contributed by atoms with Gasteiger partial charge in [0.25, 0.3) is 0 Å². The first kappa shape index (κ1) is 14.0. The lowest BCUT2D eigenvalue weighted by atomic mass is 10.1. The van der Waals surface area contributed by atoms with Gasteiger partial charge >= 0.3 is 0 Å². The first-order valence-electron chi connectivity index (χ1n) is 6.62. The molecule has 1 aromatic carbocycles. The Bertz CT molecular complexity index is 320. The molecule has 0 bridgehead atoms. The van der Waals surface area contributed by atoms with Gasteiger partial charge in [0, 0.05) is 18.3 Å². The normalized spacial score (nSPS) is 12.8. The smallest absolute Gasteiger partial charge is 0.0387 e. The van der Waals surface area contributed by atoms with Gasteiger partial charge in [-0.2, -0.15) is 0 Å². The van der Waals surface area contributed by atoms with Crippen molar-refractivity contribution in [3.8, 4) is 0 Å². The van der Waals surface area contributed by atoms with E-state index in [1.165, 1.54) is 30.5 Å². The van der Waals surface area contributed by atoms with Gasteiger partial charge in [-0.15, -0.1) is 0 Å². The van der Waals surface area contributed by atoms with Crippen molar-refractivity contribution >= 4 is 5.69 Å². The summed E-state index contributed by atoms with van der Waals surface area (Å²) in [6.07, 6.45) is 3.81. The number of rotatable bonds is 7. The van der Waals surface area contributed by atoms with E-state index >= 15 is 0 Å². The van der Waals surface area contributed by atoms with E-state index in [0.717, 1.165) is 6.54 Å². The van der Waals surface area contributed by atoms with Gasteiger partial charge in [-0.1, -0.05) is 38.0 Å². The molecule has 2 nitrogen and oxygen atoms in total. The fraction of sp³-hybridized carbons (Fsp3) is 0.600. The van der Waals surface area contributed by atoms with Crippen molar-refractivity contribution in [1.82, 2.24) is 4.90 Å². The molecular formula is C15H26N2. The van der Waals surface area contributed by atoms with Crippen molar-refractivity contribution in [2.24, 2.45) is 0 Å². The van der Waals surface area contributed by atoms with Gasteiger partial charge in [0.15, 0.2) is 0 Å². The van der Waals surface area contributed by atoms with Crippen molar-refractivity contribution in [2.75, 3.05) is 19.4 Å². The molecule has 1 atom stereocenters. The maximum atomic E-state index is 3.62. The first-order chi connectivity index (χ1) is 8.13.